The number of hydrogen-bond donors (Lipinski definition) is 0. The van der Waals surface area contributed by atoms with Gasteiger partial charge < -0.3 is 4.90 Å². The molecule has 1 amide bonds. The molecule has 3 atom stereocenters. The summed E-state index contributed by atoms with van der Waals surface area (Å²) in [5, 5.41) is 0. The van der Waals surface area contributed by atoms with Gasteiger partial charge in [0.05, 0.1) is 0 Å². The molecular formula is C13H20ClNO. The molecule has 3 fully saturated rings. The Morgan fingerprint density at radius 2 is 2.00 bits per heavy atom. The van der Waals surface area contributed by atoms with Crippen LogP contribution in [0.15, 0.2) is 0 Å². The van der Waals surface area contributed by atoms with E-state index in [1.807, 2.05) is 0 Å². The zero-order chi connectivity index (χ0) is 11.1. The molecule has 0 aromatic rings. The molecule has 1 aliphatic heterocycles. The summed E-state index contributed by atoms with van der Waals surface area (Å²) in [6.07, 6.45) is 6.00. The van der Waals surface area contributed by atoms with Gasteiger partial charge in [0.1, 0.15) is 0 Å². The highest BCUT2D eigenvalue weighted by Crippen LogP contribution is 2.54. The first-order valence-corrected chi connectivity index (χ1v) is 7.16. The molecule has 3 unspecified atom stereocenters. The maximum Gasteiger partial charge on any atom is 0.225 e. The van der Waals surface area contributed by atoms with E-state index >= 15 is 0 Å². The van der Waals surface area contributed by atoms with Crippen LogP contribution in [-0.4, -0.2) is 29.8 Å². The average molecular weight is 242 g/mol. The second-order valence-electron chi connectivity index (χ2n) is 5.84. The van der Waals surface area contributed by atoms with E-state index in [0.717, 1.165) is 43.6 Å². The molecule has 0 radical (unpaired) electrons. The summed E-state index contributed by atoms with van der Waals surface area (Å²) in [6.45, 7) is 1.95. The van der Waals surface area contributed by atoms with Gasteiger partial charge in [-0.2, -0.15) is 0 Å². The van der Waals surface area contributed by atoms with Gasteiger partial charge in [-0.3, -0.25) is 4.79 Å². The van der Waals surface area contributed by atoms with Crippen LogP contribution in [0.2, 0.25) is 0 Å². The molecule has 3 aliphatic rings. The lowest BCUT2D eigenvalue weighted by Gasteiger charge is -2.21. The predicted octanol–water partition coefficient (Wildman–Crippen LogP) is 2.51. The summed E-state index contributed by atoms with van der Waals surface area (Å²) in [5.74, 6) is 4.05. The monoisotopic (exact) mass is 241 g/mol. The molecule has 0 aromatic heterocycles. The highest BCUT2D eigenvalue weighted by Gasteiger charge is 2.49. The quantitative estimate of drug-likeness (QED) is 0.696. The van der Waals surface area contributed by atoms with Crippen molar-refractivity contribution >= 4 is 17.5 Å². The average Bonchev–Trinajstić information content (AvgIpc) is 2.74. The van der Waals surface area contributed by atoms with Gasteiger partial charge in [0, 0.05) is 24.9 Å². The maximum absolute atomic E-state index is 12.3. The topological polar surface area (TPSA) is 20.3 Å². The fraction of sp³-hybridized carbons (Fsp3) is 0.923. The van der Waals surface area contributed by atoms with E-state index in [1.54, 1.807) is 0 Å². The summed E-state index contributed by atoms with van der Waals surface area (Å²) in [5.41, 5.74) is 0. The van der Waals surface area contributed by atoms with Crippen molar-refractivity contribution in [1.82, 2.24) is 4.90 Å². The van der Waals surface area contributed by atoms with Gasteiger partial charge in [0.15, 0.2) is 0 Å². The number of nitrogens with zero attached hydrogens (tertiary/aromatic N) is 1. The van der Waals surface area contributed by atoms with Crippen LogP contribution >= 0.6 is 11.6 Å². The van der Waals surface area contributed by atoms with Crippen LogP contribution in [0.1, 0.15) is 32.1 Å². The maximum atomic E-state index is 12.3. The minimum absolute atomic E-state index is 0.374. The Labute approximate surface area is 102 Å². The number of fused-ring (bicyclic) bond motifs is 1. The van der Waals surface area contributed by atoms with Crippen LogP contribution in [0.4, 0.5) is 0 Å². The Kier molecular flexibility index (Phi) is 2.87. The Bertz CT molecular complexity index is 284. The van der Waals surface area contributed by atoms with Crippen molar-refractivity contribution in [1.29, 1.82) is 0 Å². The fourth-order valence-electron chi connectivity index (χ4n) is 3.60. The smallest absolute Gasteiger partial charge is 0.225 e. The molecular weight excluding hydrogens is 222 g/mol. The third-order valence-corrected chi connectivity index (χ3v) is 4.93. The van der Waals surface area contributed by atoms with Crippen molar-refractivity contribution in [2.45, 2.75) is 32.1 Å². The van der Waals surface area contributed by atoms with Gasteiger partial charge in [0.25, 0.3) is 0 Å². The SMILES string of the molecule is O=C(C1CC2CC2C1)N1CCC(CCCl)C1. The minimum atomic E-state index is 0.374. The highest BCUT2D eigenvalue weighted by atomic mass is 35.5. The van der Waals surface area contributed by atoms with E-state index < -0.39 is 0 Å². The minimum Gasteiger partial charge on any atom is -0.342 e. The Hall–Kier alpha value is -0.240. The van der Waals surface area contributed by atoms with Crippen molar-refractivity contribution in [3.63, 3.8) is 0 Å². The lowest BCUT2D eigenvalue weighted by Crippen LogP contribution is -2.34. The van der Waals surface area contributed by atoms with Crippen LogP contribution in [0.5, 0.6) is 0 Å². The Balaban J connectivity index is 1.52. The Morgan fingerprint density at radius 1 is 1.25 bits per heavy atom. The van der Waals surface area contributed by atoms with Crippen LogP contribution in [0, 0.1) is 23.7 Å². The summed E-state index contributed by atoms with van der Waals surface area (Å²) in [6, 6.07) is 0. The third kappa shape index (κ3) is 1.97. The molecule has 90 valence electrons. The van der Waals surface area contributed by atoms with E-state index in [4.69, 9.17) is 11.6 Å². The second kappa shape index (κ2) is 4.21. The van der Waals surface area contributed by atoms with E-state index in [-0.39, 0.29) is 0 Å². The van der Waals surface area contributed by atoms with Crippen LogP contribution in [-0.2, 0) is 4.79 Å². The fourth-order valence-corrected chi connectivity index (χ4v) is 3.91. The molecule has 16 heavy (non-hydrogen) atoms. The summed E-state index contributed by atoms with van der Waals surface area (Å²) >= 11 is 5.76. The molecule has 3 rings (SSSR count). The molecule has 2 saturated carbocycles. The second-order valence-corrected chi connectivity index (χ2v) is 6.22. The van der Waals surface area contributed by atoms with Gasteiger partial charge >= 0.3 is 0 Å². The zero-order valence-electron chi connectivity index (χ0n) is 9.70. The lowest BCUT2D eigenvalue weighted by molar-refractivity contribution is -0.134. The summed E-state index contributed by atoms with van der Waals surface area (Å²) in [4.78, 5) is 14.4. The molecule has 0 bridgehead atoms. The molecule has 0 aromatic carbocycles. The third-order valence-electron chi connectivity index (χ3n) is 4.71. The number of amides is 1. The van der Waals surface area contributed by atoms with Crippen molar-refractivity contribution < 1.29 is 4.79 Å². The predicted molar refractivity (Wildman–Crippen MR) is 64.3 cm³/mol. The molecule has 0 spiro atoms. The first-order valence-electron chi connectivity index (χ1n) is 6.62. The number of hydrogen-bond acceptors (Lipinski definition) is 1. The summed E-state index contributed by atoms with van der Waals surface area (Å²) < 4.78 is 0. The summed E-state index contributed by atoms with van der Waals surface area (Å²) in [7, 11) is 0. The lowest BCUT2D eigenvalue weighted by atomic mass is 10.0. The first-order chi connectivity index (χ1) is 7.78. The van der Waals surface area contributed by atoms with Gasteiger partial charge in [0.2, 0.25) is 5.91 Å². The molecule has 3 heteroatoms. The number of rotatable bonds is 3. The molecule has 2 nitrogen and oxygen atoms in total. The van der Waals surface area contributed by atoms with Crippen molar-refractivity contribution in [2.75, 3.05) is 19.0 Å². The number of likely N-dealkylation sites (tertiary alicyclic amines) is 1. The molecule has 0 N–H and O–H groups in total. The first kappa shape index (κ1) is 10.9. The van der Waals surface area contributed by atoms with Gasteiger partial charge in [-0.15, -0.1) is 11.6 Å². The van der Waals surface area contributed by atoms with Crippen molar-refractivity contribution in [3.05, 3.63) is 0 Å². The largest absolute Gasteiger partial charge is 0.342 e. The van der Waals surface area contributed by atoms with E-state index in [9.17, 15) is 4.79 Å². The van der Waals surface area contributed by atoms with Crippen molar-refractivity contribution in [2.24, 2.45) is 23.7 Å². The van der Waals surface area contributed by atoms with Gasteiger partial charge in [-0.25, -0.2) is 0 Å². The number of carbonyl (C=O) groups is 1. The van der Waals surface area contributed by atoms with E-state index in [2.05, 4.69) is 4.90 Å². The van der Waals surface area contributed by atoms with Crippen LogP contribution < -0.4 is 0 Å². The molecule has 2 aliphatic carbocycles. The van der Waals surface area contributed by atoms with E-state index in [1.165, 1.54) is 19.3 Å². The normalized spacial score (nSPS) is 41.2. The number of halogens is 1. The van der Waals surface area contributed by atoms with Gasteiger partial charge in [-0.05, 0) is 49.9 Å². The number of carbonyl (C=O) groups excluding carboxylic acids is 1. The van der Waals surface area contributed by atoms with Crippen LogP contribution in [0.25, 0.3) is 0 Å². The number of alkyl halides is 1. The van der Waals surface area contributed by atoms with E-state index in [0.29, 0.717) is 17.7 Å². The van der Waals surface area contributed by atoms with Crippen molar-refractivity contribution in [3.8, 4) is 0 Å². The van der Waals surface area contributed by atoms with Crippen LogP contribution in [0.3, 0.4) is 0 Å². The standard InChI is InChI=1S/C13H20ClNO/c14-3-1-9-2-4-15(8-9)13(16)12-6-10-5-11(10)7-12/h9-12H,1-8H2. The Morgan fingerprint density at radius 3 is 2.69 bits per heavy atom. The highest BCUT2D eigenvalue weighted by molar-refractivity contribution is 6.17. The molecule has 1 heterocycles. The van der Waals surface area contributed by atoms with Gasteiger partial charge in [-0.1, -0.05) is 0 Å². The zero-order valence-corrected chi connectivity index (χ0v) is 10.5. The molecule has 1 saturated heterocycles.